The molecule has 0 fully saturated rings. The Morgan fingerprint density at radius 1 is 1.50 bits per heavy atom. The third kappa shape index (κ3) is 15.1. The molecule has 0 bridgehead atoms. The minimum atomic E-state index is -0.290. The van der Waals surface area contributed by atoms with Crippen LogP contribution in [0.4, 0.5) is 0 Å². The Balaban J connectivity index is 0. The summed E-state index contributed by atoms with van der Waals surface area (Å²) in [6.45, 7) is 10.3. The molecule has 0 aromatic carbocycles. The van der Waals surface area contributed by atoms with Crippen LogP contribution in [0.25, 0.3) is 0 Å². The van der Waals surface area contributed by atoms with Crippen LogP contribution in [-0.2, 0) is 9.53 Å². The van der Waals surface area contributed by atoms with E-state index < -0.39 is 0 Å². The Morgan fingerprint density at radius 3 is 2.38 bits per heavy atom. The third-order valence-corrected chi connectivity index (χ3v) is 1.43. The molecule has 0 heterocycles. The average Bonchev–Trinajstić information content (AvgIpc) is 2.26. The van der Waals surface area contributed by atoms with Gasteiger partial charge in [0.1, 0.15) is 6.61 Å². The molecule has 0 radical (unpaired) electrons. The lowest BCUT2D eigenvalue weighted by Crippen LogP contribution is -2.17. The zero-order valence-corrected chi connectivity index (χ0v) is 10.2. The second kappa shape index (κ2) is 13.6. The van der Waals surface area contributed by atoms with Crippen molar-refractivity contribution in [2.45, 2.75) is 6.92 Å². The maximum absolute atomic E-state index is 10.4. The van der Waals surface area contributed by atoms with Crippen molar-refractivity contribution in [1.29, 1.82) is 0 Å². The number of hydrogen-bond acceptors (Lipinski definition) is 4. The van der Waals surface area contributed by atoms with E-state index in [9.17, 15) is 4.79 Å². The van der Waals surface area contributed by atoms with Gasteiger partial charge in [0, 0.05) is 20.0 Å². The van der Waals surface area contributed by atoms with Gasteiger partial charge in [-0.1, -0.05) is 31.4 Å². The van der Waals surface area contributed by atoms with Crippen LogP contribution in [0.15, 0.2) is 37.0 Å². The molecule has 0 saturated heterocycles. The number of hydrogen-bond donors (Lipinski definition) is 2. The summed E-state index contributed by atoms with van der Waals surface area (Å²) in [6.07, 6.45) is 5.00. The first-order valence-electron chi connectivity index (χ1n) is 5.04. The molecule has 92 valence electrons. The highest BCUT2D eigenvalue weighted by molar-refractivity contribution is 5.66. The van der Waals surface area contributed by atoms with Gasteiger partial charge in [-0.3, -0.25) is 4.79 Å². The van der Waals surface area contributed by atoms with E-state index >= 15 is 0 Å². The minimum absolute atomic E-state index is 0.269. The molecule has 0 spiro atoms. The van der Waals surface area contributed by atoms with Crippen molar-refractivity contribution in [2.75, 3.05) is 26.7 Å². The second-order valence-electron chi connectivity index (χ2n) is 2.85. The fraction of sp³-hybridized carbons (Fsp3) is 0.417. The van der Waals surface area contributed by atoms with Gasteiger partial charge in [0.15, 0.2) is 0 Å². The molecule has 4 heteroatoms. The highest BCUT2D eigenvalue weighted by atomic mass is 16.5. The first kappa shape index (κ1) is 17.0. The Hall–Kier alpha value is -1.39. The number of carbonyl (C=O) groups excluding carboxylic acids is 1. The van der Waals surface area contributed by atoms with Gasteiger partial charge in [0.25, 0.3) is 0 Å². The predicted molar refractivity (Wildman–Crippen MR) is 68.1 cm³/mol. The number of ether oxygens (including phenoxy) is 1. The van der Waals surface area contributed by atoms with Gasteiger partial charge >= 0.3 is 5.97 Å². The Morgan fingerprint density at radius 2 is 2.12 bits per heavy atom. The SMILES string of the molecule is C=C/C=C(\C=C)COC(C)=O.CNCCN. The smallest absolute Gasteiger partial charge is 0.302 e. The standard InChI is InChI=1S/C9H12O2.C3H10N2/c1-4-6-9(5-2)7-11-8(3)10;1-5-3-2-4/h4-6H,1-2,7H2,3H3;5H,2-4H2,1H3/b9-6+;. The molecule has 16 heavy (non-hydrogen) atoms. The molecule has 0 unspecified atom stereocenters. The van der Waals surface area contributed by atoms with Gasteiger partial charge in [-0.25, -0.2) is 0 Å². The van der Waals surface area contributed by atoms with Crippen LogP contribution >= 0.6 is 0 Å². The van der Waals surface area contributed by atoms with Gasteiger partial charge in [0.05, 0.1) is 0 Å². The van der Waals surface area contributed by atoms with Gasteiger partial charge in [-0.2, -0.15) is 0 Å². The number of allylic oxidation sites excluding steroid dienone is 2. The molecule has 0 aliphatic rings. The Kier molecular flexibility index (Phi) is 14.5. The average molecular weight is 226 g/mol. The van der Waals surface area contributed by atoms with E-state index in [0.717, 1.165) is 18.7 Å². The van der Waals surface area contributed by atoms with Crippen LogP contribution in [-0.4, -0.2) is 32.7 Å². The molecular weight excluding hydrogens is 204 g/mol. The van der Waals surface area contributed by atoms with Crippen LogP contribution in [0.2, 0.25) is 0 Å². The zero-order chi connectivity index (χ0) is 12.8. The van der Waals surface area contributed by atoms with Crippen molar-refractivity contribution in [3.8, 4) is 0 Å². The maximum atomic E-state index is 10.4. The van der Waals surface area contributed by atoms with Crippen LogP contribution in [0, 0.1) is 0 Å². The van der Waals surface area contributed by atoms with E-state index in [-0.39, 0.29) is 12.6 Å². The largest absolute Gasteiger partial charge is 0.461 e. The van der Waals surface area contributed by atoms with Crippen molar-refractivity contribution < 1.29 is 9.53 Å². The topological polar surface area (TPSA) is 64.3 Å². The molecule has 0 rings (SSSR count). The summed E-state index contributed by atoms with van der Waals surface area (Å²) < 4.78 is 4.72. The van der Waals surface area contributed by atoms with E-state index in [1.54, 1.807) is 18.2 Å². The molecule has 0 atom stereocenters. The molecular formula is C12H22N2O2. The molecule has 0 amide bonds. The van der Waals surface area contributed by atoms with Gasteiger partial charge in [0.2, 0.25) is 0 Å². The molecule has 0 saturated carbocycles. The number of nitrogens with one attached hydrogen (secondary N) is 1. The van der Waals surface area contributed by atoms with Gasteiger partial charge in [-0.05, 0) is 12.6 Å². The molecule has 4 nitrogen and oxygen atoms in total. The molecule has 0 aliphatic heterocycles. The molecule has 0 aliphatic carbocycles. The third-order valence-electron chi connectivity index (χ3n) is 1.43. The Bertz CT molecular complexity index is 233. The van der Waals surface area contributed by atoms with Crippen LogP contribution < -0.4 is 11.1 Å². The minimum Gasteiger partial charge on any atom is -0.461 e. The van der Waals surface area contributed by atoms with Crippen molar-refractivity contribution in [3.05, 3.63) is 37.0 Å². The lowest BCUT2D eigenvalue weighted by atomic mass is 10.2. The highest BCUT2D eigenvalue weighted by Gasteiger charge is 1.93. The molecule has 0 aromatic rings. The monoisotopic (exact) mass is 226 g/mol. The molecule has 3 N–H and O–H groups in total. The summed E-state index contributed by atoms with van der Waals surface area (Å²) in [5.41, 5.74) is 5.92. The van der Waals surface area contributed by atoms with Crippen molar-refractivity contribution >= 4 is 5.97 Å². The van der Waals surface area contributed by atoms with Crippen LogP contribution in [0.1, 0.15) is 6.92 Å². The summed E-state index contributed by atoms with van der Waals surface area (Å²) in [5, 5.41) is 2.89. The summed E-state index contributed by atoms with van der Waals surface area (Å²) >= 11 is 0. The van der Waals surface area contributed by atoms with Gasteiger partial charge < -0.3 is 15.8 Å². The first-order chi connectivity index (χ1) is 7.62. The quantitative estimate of drug-likeness (QED) is 0.524. The maximum Gasteiger partial charge on any atom is 0.302 e. The van der Waals surface area contributed by atoms with E-state index in [1.165, 1.54) is 6.92 Å². The first-order valence-corrected chi connectivity index (χ1v) is 5.04. The van der Waals surface area contributed by atoms with E-state index in [2.05, 4.69) is 18.5 Å². The van der Waals surface area contributed by atoms with Crippen LogP contribution in [0.5, 0.6) is 0 Å². The summed E-state index contributed by atoms with van der Waals surface area (Å²) in [7, 11) is 1.88. The Labute approximate surface area is 97.9 Å². The second-order valence-corrected chi connectivity index (χ2v) is 2.85. The number of rotatable bonds is 6. The zero-order valence-electron chi connectivity index (χ0n) is 10.2. The summed E-state index contributed by atoms with van der Waals surface area (Å²) in [6, 6.07) is 0. The van der Waals surface area contributed by atoms with E-state index in [0.29, 0.717) is 0 Å². The van der Waals surface area contributed by atoms with Crippen molar-refractivity contribution in [1.82, 2.24) is 5.32 Å². The fourth-order valence-corrected chi connectivity index (χ4v) is 0.656. The number of likely N-dealkylation sites (N-methyl/N-ethyl adjacent to an activating group) is 1. The van der Waals surface area contributed by atoms with Crippen LogP contribution in [0.3, 0.4) is 0 Å². The molecule has 0 aromatic heterocycles. The lowest BCUT2D eigenvalue weighted by Gasteiger charge is -2.00. The van der Waals surface area contributed by atoms with Gasteiger partial charge in [-0.15, -0.1) is 0 Å². The van der Waals surface area contributed by atoms with E-state index in [1.807, 2.05) is 7.05 Å². The number of carbonyl (C=O) groups is 1. The van der Waals surface area contributed by atoms with E-state index in [4.69, 9.17) is 10.5 Å². The van der Waals surface area contributed by atoms with Crippen molar-refractivity contribution in [3.63, 3.8) is 0 Å². The number of esters is 1. The highest BCUT2D eigenvalue weighted by Crippen LogP contribution is 1.96. The summed E-state index contributed by atoms with van der Waals surface area (Å²) in [4.78, 5) is 10.4. The lowest BCUT2D eigenvalue weighted by molar-refractivity contribution is -0.139. The summed E-state index contributed by atoms with van der Waals surface area (Å²) in [5.74, 6) is -0.290. The normalized spacial score (nSPS) is 9.81. The van der Waals surface area contributed by atoms with Crippen molar-refractivity contribution in [2.24, 2.45) is 5.73 Å². The number of nitrogens with two attached hydrogens (primary N) is 1. The fourth-order valence-electron chi connectivity index (χ4n) is 0.656. The predicted octanol–water partition coefficient (Wildman–Crippen LogP) is 1.01.